The molecule has 1 aromatic heterocycles. The average Bonchev–Trinajstić information content (AvgIpc) is 3.09. The molecule has 1 heterocycles. The lowest BCUT2D eigenvalue weighted by Gasteiger charge is -2.02. The number of benzene rings is 2. The molecule has 0 aliphatic heterocycles. The Kier molecular flexibility index (Phi) is 5.45. The zero-order valence-corrected chi connectivity index (χ0v) is 14.1. The minimum Gasteiger partial charge on any atom is -0.347 e. The van der Waals surface area contributed by atoms with Crippen molar-refractivity contribution in [2.75, 3.05) is 0 Å². The highest BCUT2D eigenvalue weighted by Crippen LogP contribution is 2.26. The van der Waals surface area contributed by atoms with Crippen molar-refractivity contribution in [3.63, 3.8) is 0 Å². The lowest BCUT2D eigenvalue weighted by Crippen LogP contribution is -2.23. The van der Waals surface area contributed by atoms with E-state index in [-0.39, 0.29) is 5.91 Å². The molecule has 2 aromatic carbocycles. The summed E-state index contributed by atoms with van der Waals surface area (Å²) < 4.78 is 0.915. The van der Waals surface area contributed by atoms with Crippen LogP contribution in [0.5, 0.6) is 0 Å². The molecule has 23 heavy (non-hydrogen) atoms. The maximum Gasteiger partial charge on any atom is 0.271 e. The van der Waals surface area contributed by atoms with Crippen LogP contribution in [0.4, 0.5) is 0 Å². The fourth-order valence-electron chi connectivity index (χ4n) is 2.02. The van der Waals surface area contributed by atoms with Crippen LogP contribution in [0.15, 0.2) is 70.4 Å². The number of aromatic nitrogens is 1. The van der Waals surface area contributed by atoms with Gasteiger partial charge in [-0.15, -0.1) is 11.3 Å². The van der Waals surface area contributed by atoms with Crippen molar-refractivity contribution in [3.8, 4) is 0 Å². The summed E-state index contributed by atoms with van der Waals surface area (Å²) >= 11 is 3.16. The molecule has 1 amide bonds. The number of thioether (sulfide) groups is 1. The summed E-state index contributed by atoms with van der Waals surface area (Å²) in [6.07, 6.45) is 0. The fourth-order valence-corrected chi connectivity index (χ4v) is 3.78. The van der Waals surface area contributed by atoms with E-state index in [0.29, 0.717) is 12.2 Å². The molecule has 0 unspecified atom stereocenters. The molecule has 0 spiro atoms. The van der Waals surface area contributed by atoms with Gasteiger partial charge in [0.15, 0.2) is 4.34 Å². The van der Waals surface area contributed by atoms with Gasteiger partial charge in [-0.25, -0.2) is 4.98 Å². The van der Waals surface area contributed by atoms with Crippen molar-refractivity contribution in [2.24, 2.45) is 0 Å². The lowest BCUT2D eigenvalue weighted by atomic mass is 10.2. The number of carbonyl (C=O) groups excluding carboxylic acids is 1. The molecule has 1 N–H and O–H groups in total. The Morgan fingerprint density at radius 1 is 1.00 bits per heavy atom. The van der Waals surface area contributed by atoms with E-state index in [1.807, 2.05) is 53.9 Å². The van der Waals surface area contributed by atoms with Crippen LogP contribution in [-0.4, -0.2) is 10.9 Å². The SMILES string of the molecule is O=C(NCc1ccccc1)c1csc(SCc2ccccc2)n1. The quantitative estimate of drug-likeness (QED) is 0.678. The summed E-state index contributed by atoms with van der Waals surface area (Å²) in [5.41, 5.74) is 2.82. The van der Waals surface area contributed by atoms with E-state index in [2.05, 4.69) is 22.4 Å². The molecule has 3 nitrogen and oxygen atoms in total. The first-order valence-electron chi connectivity index (χ1n) is 7.25. The summed E-state index contributed by atoms with van der Waals surface area (Å²) in [7, 11) is 0. The molecular formula is C18H16N2OS2. The second-order valence-corrected chi connectivity index (χ2v) is 7.02. The monoisotopic (exact) mass is 340 g/mol. The Morgan fingerprint density at radius 3 is 2.35 bits per heavy atom. The number of nitrogens with zero attached hydrogens (tertiary/aromatic N) is 1. The Labute approximate surface area is 143 Å². The Balaban J connectivity index is 1.53. The highest BCUT2D eigenvalue weighted by atomic mass is 32.2. The average molecular weight is 340 g/mol. The van der Waals surface area contributed by atoms with Crippen molar-refractivity contribution in [3.05, 3.63) is 82.9 Å². The van der Waals surface area contributed by atoms with Crippen molar-refractivity contribution in [1.29, 1.82) is 0 Å². The van der Waals surface area contributed by atoms with Gasteiger partial charge in [-0.2, -0.15) is 0 Å². The third-order valence-electron chi connectivity index (χ3n) is 3.22. The Hall–Kier alpha value is -2.11. The molecule has 0 bridgehead atoms. The second kappa shape index (κ2) is 7.94. The predicted octanol–water partition coefficient (Wildman–Crippen LogP) is 4.37. The smallest absolute Gasteiger partial charge is 0.271 e. The van der Waals surface area contributed by atoms with Gasteiger partial charge in [0.25, 0.3) is 5.91 Å². The van der Waals surface area contributed by atoms with Gasteiger partial charge in [0, 0.05) is 17.7 Å². The summed E-state index contributed by atoms with van der Waals surface area (Å²) in [5.74, 6) is 0.732. The topological polar surface area (TPSA) is 42.0 Å². The first kappa shape index (κ1) is 15.8. The maximum atomic E-state index is 12.1. The summed E-state index contributed by atoms with van der Waals surface area (Å²) in [4.78, 5) is 16.5. The van der Waals surface area contributed by atoms with Gasteiger partial charge in [-0.3, -0.25) is 4.79 Å². The van der Waals surface area contributed by atoms with E-state index in [0.717, 1.165) is 15.7 Å². The molecule has 0 radical (unpaired) electrons. The molecule has 3 aromatic rings. The third-order valence-corrected chi connectivity index (χ3v) is 5.31. The van der Waals surface area contributed by atoms with Crippen molar-refractivity contribution in [1.82, 2.24) is 10.3 Å². The van der Waals surface area contributed by atoms with Crippen LogP contribution in [0.2, 0.25) is 0 Å². The normalized spacial score (nSPS) is 10.4. The largest absolute Gasteiger partial charge is 0.347 e. The van der Waals surface area contributed by atoms with Crippen LogP contribution in [0.3, 0.4) is 0 Å². The molecule has 116 valence electrons. The fraction of sp³-hybridized carbons (Fsp3) is 0.111. The molecule has 3 rings (SSSR count). The van der Waals surface area contributed by atoms with Crippen LogP contribution < -0.4 is 5.32 Å². The maximum absolute atomic E-state index is 12.1. The minimum absolute atomic E-state index is 0.128. The highest BCUT2D eigenvalue weighted by molar-refractivity contribution is 8.00. The van der Waals surface area contributed by atoms with E-state index in [9.17, 15) is 4.79 Å². The first-order valence-corrected chi connectivity index (χ1v) is 9.12. The van der Waals surface area contributed by atoms with Gasteiger partial charge in [-0.05, 0) is 11.1 Å². The van der Waals surface area contributed by atoms with Gasteiger partial charge >= 0.3 is 0 Å². The van der Waals surface area contributed by atoms with E-state index in [4.69, 9.17) is 0 Å². The van der Waals surface area contributed by atoms with E-state index < -0.39 is 0 Å². The van der Waals surface area contributed by atoms with Crippen LogP contribution in [0.25, 0.3) is 0 Å². The number of carbonyl (C=O) groups is 1. The van der Waals surface area contributed by atoms with Crippen LogP contribution in [-0.2, 0) is 12.3 Å². The number of rotatable bonds is 6. The zero-order valence-electron chi connectivity index (χ0n) is 12.4. The van der Waals surface area contributed by atoms with Crippen LogP contribution in [0, 0.1) is 0 Å². The molecule has 0 saturated heterocycles. The third kappa shape index (κ3) is 4.68. The predicted molar refractivity (Wildman–Crippen MR) is 95.7 cm³/mol. The zero-order chi connectivity index (χ0) is 15.9. The number of amides is 1. The minimum atomic E-state index is -0.128. The highest BCUT2D eigenvalue weighted by Gasteiger charge is 2.10. The van der Waals surface area contributed by atoms with Crippen molar-refractivity contribution >= 4 is 29.0 Å². The number of thiazole rings is 1. The molecular weight excluding hydrogens is 324 g/mol. The summed E-state index contributed by atoms with van der Waals surface area (Å²) in [6.45, 7) is 0.518. The first-order chi connectivity index (χ1) is 11.3. The molecule has 0 atom stereocenters. The lowest BCUT2D eigenvalue weighted by molar-refractivity contribution is 0.0946. The number of hydrogen-bond donors (Lipinski definition) is 1. The van der Waals surface area contributed by atoms with Crippen molar-refractivity contribution < 1.29 is 4.79 Å². The molecule has 5 heteroatoms. The Morgan fingerprint density at radius 2 is 1.65 bits per heavy atom. The standard InChI is InChI=1S/C18H16N2OS2/c21-17(19-11-14-7-3-1-4-8-14)16-13-23-18(20-16)22-12-15-9-5-2-6-10-15/h1-10,13H,11-12H2,(H,19,21). The molecule has 0 saturated carbocycles. The van der Waals surface area contributed by atoms with E-state index in [1.165, 1.54) is 16.9 Å². The molecule has 0 aliphatic carbocycles. The van der Waals surface area contributed by atoms with E-state index >= 15 is 0 Å². The Bertz CT molecular complexity index is 757. The molecule has 0 fully saturated rings. The molecule has 0 aliphatic rings. The van der Waals surface area contributed by atoms with Gasteiger partial charge in [-0.1, -0.05) is 72.4 Å². The number of hydrogen-bond acceptors (Lipinski definition) is 4. The van der Waals surface area contributed by atoms with Crippen LogP contribution in [0.1, 0.15) is 21.6 Å². The van der Waals surface area contributed by atoms with E-state index in [1.54, 1.807) is 11.8 Å². The van der Waals surface area contributed by atoms with Gasteiger partial charge < -0.3 is 5.32 Å². The van der Waals surface area contributed by atoms with Gasteiger partial charge in [0.2, 0.25) is 0 Å². The summed E-state index contributed by atoms with van der Waals surface area (Å²) in [6, 6.07) is 20.1. The van der Waals surface area contributed by atoms with Gasteiger partial charge in [0.05, 0.1) is 0 Å². The van der Waals surface area contributed by atoms with Crippen molar-refractivity contribution in [2.45, 2.75) is 16.6 Å². The van der Waals surface area contributed by atoms with Crippen LogP contribution >= 0.6 is 23.1 Å². The summed E-state index contributed by atoms with van der Waals surface area (Å²) in [5, 5.41) is 4.71. The second-order valence-electron chi connectivity index (χ2n) is 4.94. The van der Waals surface area contributed by atoms with Gasteiger partial charge in [0.1, 0.15) is 5.69 Å². The number of nitrogens with one attached hydrogen (secondary N) is 1.